The Balaban J connectivity index is 1.43. The number of hydrogen-bond acceptors (Lipinski definition) is 3. The highest BCUT2D eigenvalue weighted by Crippen LogP contribution is 2.30. The number of rotatable bonds is 3. The van der Waals surface area contributed by atoms with Gasteiger partial charge in [0.2, 0.25) is 0 Å². The van der Waals surface area contributed by atoms with Gasteiger partial charge in [-0.15, -0.1) is 0 Å². The Labute approximate surface area is 156 Å². The lowest BCUT2D eigenvalue weighted by Crippen LogP contribution is -3.15. The zero-order valence-corrected chi connectivity index (χ0v) is 15.0. The average molecular weight is 372 g/mol. The molecule has 2 aromatic carbocycles. The number of amides is 2. The third-order valence-corrected chi connectivity index (χ3v) is 5.68. The molecule has 1 saturated heterocycles. The molecule has 6 heteroatoms. The first-order valence-corrected chi connectivity index (χ1v) is 9.13. The highest BCUT2D eigenvalue weighted by atomic mass is 35.5. The van der Waals surface area contributed by atoms with Crippen molar-refractivity contribution < 1.29 is 19.6 Å². The fourth-order valence-electron chi connectivity index (χ4n) is 3.83. The number of nitrogens with zero attached hydrogens (tertiary/aromatic N) is 1. The summed E-state index contributed by atoms with van der Waals surface area (Å²) in [6.45, 7) is 1.71. The van der Waals surface area contributed by atoms with E-state index in [9.17, 15) is 14.7 Å². The van der Waals surface area contributed by atoms with Gasteiger partial charge in [-0.05, 0) is 29.8 Å². The van der Waals surface area contributed by atoms with Crippen LogP contribution in [0.4, 0.5) is 0 Å². The van der Waals surface area contributed by atoms with E-state index in [1.165, 1.54) is 4.90 Å². The van der Waals surface area contributed by atoms with Crippen molar-refractivity contribution in [1.29, 1.82) is 0 Å². The van der Waals surface area contributed by atoms with E-state index in [-0.39, 0.29) is 11.8 Å². The predicted octanol–water partition coefficient (Wildman–Crippen LogP) is 1.46. The number of imide groups is 1. The summed E-state index contributed by atoms with van der Waals surface area (Å²) >= 11 is 5.92. The summed E-state index contributed by atoms with van der Waals surface area (Å²) in [7, 11) is 0. The number of fused-ring (bicyclic) bond motifs is 1. The molecule has 2 amide bonds. The largest absolute Gasteiger partial charge is 0.385 e. The van der Waals surface area contributed by atoms with Crippen LogP contribution in [0.3, 0.4) is 0 Å². The van der Waals surface area contributed by atoms with Crippen LogP contribution in [0.15, 0.2) is 48.5 Å². The molecule has 4 rings (SSSR count). The van der Waals surface area contributed by atoms with Gasteiger partial charge in [-0.2, -0.15) is 0 Å². The van der Waals surface area contributed by atoms with Gasteiger partial charge in [-0.1, -0.05) is 35.9 Å². The van der Waals surface area contributed by atoms with E-state index in [2.05, 4.69) is 0 Å². The summed E-state index contributed by atoms with van der Waals surface area (Å²) in [5, 5.41) is 11.6. The maximum absolute atomic E-state index is 12.5. The molecular formula is C20H20ClN2O3+. The minimum absolute atomic E-state index is 0.225. The lowest BCUT2D eigenvalue weighted by molar-refractivity contribution is -0.914. The van der Waals surface area contributed by atoms with E-state index in [4.69, 9.17) is 11.6 Å². The van der Waals surface area contributed by atoms with Crippen LogP contribution in [-0.4, -0.2) is 41.6 Å². The van der Waals surface area contributed by atoms with Crippen LogP contribution in [0.1, 0.15) is 39.1 Å². The van der Waals surface area contributed by atoms with Crippen molar-refractivity contribution in [3.8, 4) is 0 Å². The number of aliphatic hydroxyl groups is 1. The zero-order chi connectivity index (χ0) is 18.3. The summed E-state index contributed by atoms with van der Waals surface area (Å²) in [5.74, 6) is -0.451. The second kappa shape index (κ2) is 6.50. The monoisotopic (exact) mass is 371 g/mol. The van der Waals surface area contributed by atoms with Gasteiger partial charge in [-0.3, -0.25) is 9.59 Å². The fourth-order valence-corrected chi connectivity index (χ4v) is 3.96. The molecule has 2 aromatic rings. The molecule has 0 saturated carbocycles. The number of carbonyl (C=O) groups excluding carboxylic acids is 2. The van der Waals surface area contributed by atoms with Crippen LogP contribution in [0.2, 0.25) is 5.02 Å². The minimum Gasteiger partial charge on any atom is -0.385 e. The fraction of sp³-hybridized carbons (Fsp3) is 0.300. The Kier molecular flexibility index (Phi) is 4.31. The Morgan fingerprint density at radius 2 is 1.50 bits per heavy atom. The van der Waals surface area contributed by atoms with Gasteiger partial charge < -0.3 is 10.0 Å². The van der Waals surface area contributed by atoms with E-state index in [1.807, 2.05) is 12.1 Å². The molecule has 134 valence electrons. The summed E-state index contributed by atoms with van der Waals surface area (Å²) in [4.78, 5) is 27.4. The van der Waals surface area contributed by atoms with Crippen molar-refractivity contribution in [3.05, 3.63) is 70.2 Å². The van der Waals surface area contributed by atoms with E-state index in [0.717, 1.165) is 10.5 Å². The lowest BCUT2D eigenvalue weighted by atomic mass is 9.84. The highest BCUT2D eigenvalue weighted by molar-refractivity contribution is 6.30. The lowest BCUT2D eigenvalue weighted by Gasteiger charge is -2.37. The van der Waals surface area contributed by atoms with E-state index in [1.54, 1.807) is 36.4 Å². The average Bonchev–Trinajstić information content (AvgIpc) is 2.89. The van der Waals surface area contributed by atoms with Gasteiger partial charge in [-0.25, -0.2) is 4.90 Å². The Morgan fingerprint density at radius 3 is 2.04 bits per heavy atom. The van der Waals surface area contributed by atoms with Gasteiger partial charge in [0.1, 0.15) is 5.60 Å². The Hall–Kier alpha value is -2.21. The molecule has 0 unspecified atom stereocenters. The number of piperidine rings is 1. The maximum atomic E-state index is 12.5. The van der Waals surface area contributed by atoms with Crippen LogP contribution >= 0.6 is 11.6 Å². The standard InChI is InChI=1S/C20H19ClN2O3/c21-15-7-5-14(6-8-15)20(26)9-11-22(12-10-20)13-23-18(24)16-3-1-2-4-17(16)19(23)25/h1-8,26H,9-13H2/p+1. The summed E-state index contributed by atoms with van der Waals surface area (Å²) in [6, 6.07) is 14.2. The number of nitrogens with one attached hydrogen (secondary N) is 1. The molecule has 0 spiro atoms. The molecule has 2 heterocycles. The second-order valence-electron chi connectivity index (χ2n) is 7.03. The normalized spacial score (nSPS) is 25.5. The van der Waals surface area contributed by atoms with Crippen LogP contribution in [0.5, 0.6) is 0 Å². The number of carbonyl (C=O) groups is 2. The predicted molar refractivity (Wildman–Crippen MR) is 97.1 cm³/mol. The summed E-state index contributed by atoms with van der Waals surface area (Å²) in [5.41, 5.74) is 0.940. The molecular weight excluding hydrogens is 352 g/mol. The Morgan fingerprint density at radius 1 is 0.962 bits per heavy atom. The Bertz CT molecular complexity index is 823. The van der Waals surface area contributed by atoms with Gasteiger partial charge >= 0.3 is 0 Å². The maximum Gasteiger partial charge on any atom is 0.265 e. The number of halogens is 1. The van der Waals surface area contributed by atoms with Gasteiger partial charge in [0.25, 0.3) is 11.8 Å². The molecule has 5 nitrogen and oxygen atoms in total. The SMILES string of the molecule is O=C1c2ccccc2C(=O)N1C[NH+]1CCC(O)(c2ccc(Cl)cc2)CC1. The molecule has 0 aromatic heterocycles. The van der Waals surface area contributed by atoms with E-state index >= 15 is 0 Å². The summed E-state index contributed by atoms with van der Waals surface area (Å²) in [6.07, 6.45) is 1.15. The van der Waals surface area contributed by atoms with E-state index in [0.29, 0.717) is 48.7 Å². The number of likely N-dealkylation sites (tertiary alicyclic amines) is 1. The minimum atomic E-state index is -0.879. The van der Waals surface area contributed by atoms with Crippen molar-refractivity contribution >= 4 is 23.4 Å². The third kappa shape index (κ3) is 2.92. The molecule has 2 aliphatic rings. The van der Waals surface area contributed by atoms with Crippen LogP contribution in [-0.2, 0) is 5.60 Å². The molecule has 2 N–H and O–H groups in total. The first-order chi connectivity index (χ1) is 12.5. The van der Waals surface area contributed by atoms with Crippen LogP contribution in [0, 0.1) is 0 Å². The molecule has 0 atom stereocenters. The van der Waals surface area contributed by atoms with Crippen molar-refractivity contribution in [2.45, 2.75) is 18.4 Å². The topological polar surface area (TPSA) is 62.0 Å². The van der Waals surface area contributed by atoms with Crippen molar-refractivity contribution in [2.75, 3.05) is 19.8 Å². The first kappa shape index (κ1) is 17.2. The van der Waals surface area contributed by atoms with Gasteiger partial charge in [0.05, 0.1) is 24.2 Å². The van der Waals surface area contributed by atoms with Crippen molar-refractivity contribution in [1.82, 2.24) is 4.90 Å². The van der Waals surface area contributed by atoms with E-state index < -0.39 is 5.60 Å². The van der Waals surface area contributed by atoms with Crippen molar-refractivity contribution in [2.24, 2.45) is 0 Å². The molecule has 0 bridgehead atoms. The quantitative estimate of drug-likeness (QED) is 0.803. The molecule has 26 heavy (non-hydrogen) atoms. The van der Waals surface area contributed by atoms with Crippen molar-refractivity contribution in [3.63, 3.8) is 0 Å². The first-order valence-electron chi connectivity index (χ1n) is 8.75. The smallest absolute Gasteiger partial charge is 0.265 e. The second-order valence-corrected chi connectivity index (χ2v) is 7.47. The highest BCUT2D eigenvalue weighted by Gasteiger charge is 2.41. The number of benzene rings is 2. The van der Waals surface area contributed by atoms with Gasteiger partial charge in [0, 0.05) is 17.9 Å². The van der Waals surface area contributed by atoms with Crippen LogP contribution in [0.25, 0.3) is 0 Å². The molecule has 2 aliphatic heterocycles. The molecule has 0 radical (unpaired) electrons. The number of hydrogen-bond donors (Lipinski definition) is 2. The summed E-state index contributed by atoms with van der Waals surface area (Å²) < 4.78 is 0. The van der Waals surface area contributed by atoms with Gasteiger partial charge in [0.15, 0.2) is 6.67 Å². The molecule has 0 aliphatic carbocycles. The third-order valence-electron chi connectivity index (χ3n) is 5.43. The molecule has 1 fully saturated rings. The van der Waals surface area contributed by atoms with Crippen LogP contribution < -0.4 is 4.90 Å². The zero-order valence-electron chi connectivity index (χ0n) is 14.2. The number of quaternary nitrogens is 1.